The van der Waals surface area contributed by atoms with Gasteiger partial charge in [-0.3, -0.25) is 4.79 Å². The number of ether oxygens (including phenoxy) is 1. The summed E-state index contributed by atoms with van der Waals surface area (Å²) >= 11 is 0. The Kier molecular flexibility index (Phi) is 4.29. The van der Waals surface area contributed by atoms with Crippen molar-refractivity contribution < 1.29 is 9.53 Å². The highest BCUT2D eigenvalue weighted by Crippen LogP contribution is 2.22. The third-order valence-electron chi connectivity index (χ3n) is 2.97. The number of carbonyl (C=O) groups excluding carboxylic acids is 1. The van der Waals surface area contributed by atoms with Crippen LogP contribution in [0, 0.1) is 0 Å². The number of hydrogen-bond acceptors (Lipinski definition) is 3. The third kappa shape index (κ3) is 2.58. The first-order valence-electron chi connectivity index (χ1n) is 5.20. The zero-order valence-corrected chi connectivity index (χ0v) is 9.77. The van der Waals surface area contributed by atoms with E-state index in [2.05, 4.69) is 11.5 Å². The van der Waals surface area contributed by atoms with Crippen molar-refractivity contribution in [2.24, 2.45) is 0 Å². The van der Waals surface area contributed by atoms with Gasteiger partial charge in [-0.2, -0.15) is 0 Å². The van der Waals surface area contributed by atoms with Crippen molar-refractivity contribution in [3.05, 3.63) is 12.7 Å². The number of hydrogen-bond donors (Lipinski definition) is 0. The molecule has 1 aliphatic heterocycles. The van der Waals surface area contributed by atoms with Gasteiger partial charge < -0.3 is 14.5 Å². The van der Waals surface area contributed by atoms with Gasteiger partial charge in [0.25, 0.3) is 0 Å². The van der Waals surface area contributed by atoms with Gasteiger partial charge in [0.05, 0.1) is 12.6 Å². The van der Waals surface area contributed by atoms with Gasteiger partial charge in [-0.25, -0.2) is 0 Å². The minimum atomic E-state index is 0.00130. The lowest BCUT2D eigenvalue weighted by atomic mass is 10.1. The first-order valence-corrected chi connectivity index (χ1v) is 5.20. The summed E-state index contributed by atoms with van der Waals surface area (Å²) in [6, 6.07) is 0.532. The number of carbonyl (C=O) groups is 1. The fraction of sp³-hybridized carbons (Fsp3) is 0.727. The summed E-state index contributed by atoms with van der Waals surface area (Å²) in [5.74, 6) is 0.00130. The molecule has 15 heavy (non-hydrogen) atoms. The van der Waals surface area contributed by atoms with Gasteiger partial charge in [0.2, 0.25) is 5.91 Å². The van der Waals surface area contributed by atoms with Crippen LogP contribution < -0.4 is 0 Å². The normalized spacial score (nSPS) is 26.0. The Hall–Kier alpha value is -0.870. The number of amides is 1. The smallest absolute Gasteiger partial charge is 0.246 e. The molecule has 1 heterocycles. The maximum absolute atomic E-state index is 11.6. The van der Waals surface area contributed by atoms with Crippen LogP contribution in [0.5, 0.6) is 0 Å². The predicted molar refractivity (Wildman–Crippen MR) is 59.7 cm³/mol. The molecule has 0 aliphatic carbocycles. The summed E-state index contributed by atoms with van der Waals surface area (Å²) in [4.78, 5) is 15.6. The Morgan fingerprint density at radius 3 is 2.80 bits per heavy atom. The molecule has 0 bridgehead atoms. The van der Waals surface area contributed by atoms with Crippen LogP contribution in [0.3, 0.4) is 0 Å². The Morgan fingerprint density at radius 2 is 2.33 bits per heavy atom. The van der Waals surface area contributed by atoms with Crippen LogP contribution in [0.1, 0.15) is 6.42 Å². The second kappa shape index (κ2) is 5.28. The van der Waals surface area contributed by atoms with Crippen molar-refractivity contribution in [2.45, 2.75) is 18.5 Å². The monoisotopic (exact) mass is 212 g/mol. The zero-order chi connectivity index (χ0) is 11.4. The molecule has 1 saturated heterocycles. The van der Waals surface area contributed by atoms with E-state index >= 15 is 0 Å². The van der Waals surface area contributed by atoms with Gasteiger partial charge >= 0.3 is 0 Å². The number of nitrogens with zero attached hydrogens (tertiary/aromatic N) is 2. The van der Waals surface area contributed by atoms with Crippen LogP contribution in [-0.2, 0) is 9.53 Å². The summed E-state index contributed by atoms with van der Waals surface area (Å²) < 4.78 is 5.18. The van der Waals surface area contributed by atoms with Crippen molar-refractivity contribution in [2.75, 3.05) is 34.4 Å². The van der Waals surface area contributed by atoms with E-state index in [1.807, 2.05) is 19.0 Å². The highest BCUT2D eigenvalue weighted by Gasteiger charge is 2.37. The molecule has 1 amide bonds. The largest absolute Gasteiger partial charge is 0.382 e. The zero-order valence-electron chi connectivity index (χ0n) is 9.77. The minimum Gasteiger partial charge on any atom is -0.382 e. The molecular weight excluding hydrogens is 192 g/mol. The molecule has 0 aromatic rings. The average molecular weight is 212 g/mol. The molecule has 2 unspecified atom stereocenters. The summed E-state index contributed by atoms with van der Waals surface area (Å²) in [6.45, 7) is 4.90. The van der Waals surface area contributed by atoms with E-state index in [-0.39, 0.29) is 11.9 Å². The van der Waals surface area contributed by atoms with E-state index in [0.29, 0.717) is 12.6 Å². The molecule has 0 N–H and O–H groups in total. The summed E-state index contributed by atoms with van der Waals surface area (Å²) in [6.07, 6.45) is 2.38. The molecule has 0 spiro atoms. The molecule has 1 fully saturated rings. The van der Waals surface area contributed by atoms with E-state index in [0.717, 1.165) is 13.0 Å². The second-order valence-electron chi connectivity index (χ2n) is 4.08. The fourth-order valence-corrected chi connectivity index (χ4v) is 2.20. The van der Waals surface area contributed by atoms with E-state index in [1.165, 1.54) is 6.08 Å². The lowest BCUT2D eigenvalue weighted by Crippen LogP contribution is -2.46. The predicted octanol–water partition coefficient (Wildman–Crippen LogP) is 0.350. The Balaban J connectivity index is 2.74. The van der Waals surface area contributed by atoms with E-state index in [9.17, 15) is 4.79 Å². The van der Waals surface area contributed by atoms with Gasteiger partial charge in [-0.1, -0.05) is 6.58 Å². The van der Waals surface area contributed by atoms with E-state index in [4.69, 9.17) is 4.74 Å². The lowest BCUT2D eigenvalue weighted by molar-refractivity contribution is -0.128. The van der Waals surface area contributed by atoms with Crippen molar-refractivity contribution in [3.8, 4) is 0 Å². The summed E-state index contributed by atoms with van der Waals surface area (Å²) in [5, 5.41) is 0. The molecule has 0 aromatic heterocycles. The summed E-state index contributed by atoms with van der Waals surface area (Å²) in [5.41, 5.74) is 0. The molecule has 0 radical (unpaired) electrons. The highest BCUT2D eigenvalue weighted by atomic mass is 16.5. The lowest BCUT2D eigenvalue weighted by Gasteiger charge is -2.30. The van der Waals surface area contributed by atoms with Gasteiger partial charge in [-0.15, -0.1) is 0 Å². The number of rotatable bonds is 4. The van der Waals surface area contributed by atoms with Gasteiger partial charge in [-0.05, 0) is 26.6 Å². The Labute approximate surface area is 91.5 Å². The van der Waals surface area contributed by atoms with Crippen LogP contribution in [0.15, 0.2) is 12.7 Å². The maximum atomic E-state index is 11.6. The third-order valence-corrected chi connectivity index (χ3v) is 2.97. The molecule has 1 aliphatic rings. The minimum absolute atomic E-state index is 0.00130. The van der Waals surface area contributed by atoms with Crippen LogP contribution in [0.25, 0.3) is 0 Å². The number of likely N-dealkylation sites (N-methyl/N-ethyl adjacent to an activating group) is 1. The average Bonchev–Trinajstić information content (AvgIpc) is 2.61. The molecule has 0 saturated carbocycles. The quantitative estimate of drug-likeness (QED) is 0.630. The molecule has 86 valence electrons. The molecule has 1 rings (SSSR count). The highest BCUT2D eigenvalue weighted by molar-refractivity contribution is 5.87. The van der Waals surface area contributed by atoms with Crippen molar-refractivity contribution >= 4 is 5.91 Å². The van der Waals surface area contributed by atoms with Gasteiger partial charge in [0.15, 0.2) is 0 Å². The van der Waals surface area contributed by atoms with Gasteiger partial charge in [0, 0.05) is 19.7 Å². The van der Waals surface area contributed by atoms with Crippen molar-refractivity contribution in [3.63, 3.8) is 0 Å². The Bertz CT molecular complexity index is 241. The molecule has 4 heteroatoms. The molecule has 2 atom stereocenters. The van der Waals surface area contributed by atoms with Crippen LogP contribution in [-0.4, -0.2) is 62.1 Å². The molecule has 4 nitrogen and oxygen atoms in total. The SMILES string of the molecule is C=CC(=O)N1CCC(N(C)C)C1COC. The van der Waals surface area contributed by atoms with Crippen LogP contribution in [0.4, 0.5) is 0 Å². The van der Waals surface area contributed by atoms with Crippen molar-refractivity contribution in [1.29, 1.82) is 0 Å². The number of likely N-dealkylation sites (tertiary alicyclic amines) is 1. The first kappa shape index (κ1) is 12.2. The van der Waals surface area contributed by atoms with Gasteiger partial charge in [0.1, 0.15) is 0 Å². The maximum Gasteiger partial charge on any atom is 0.246 e. The van der Waals surface area contributed by atoms with E-state index in [1.54, 1.807) is 7.11 Å². The van der Waals surface area contributed by atoms with Crippen LogP contribution in [0.2, 0.25) is 0 Å². The molecular formula is C11H20N2O2. The van der Waals surface area contributed by atoms with Crippen LogP contribution >= 0.6 is 0 Å². The van der Waals surface area contributed by atoms with E-state index < -0.39 is 0 Å². The Morgan fingerprint density at radius 1 is 1.67 bits per heavy atom. The first-order chi connectivity index (χ1) is 7.11. The molecule has 0 aromatic carbocycles. The standard InChI is InChI=1S/C11H20N2O2/c1-5-11(14)13-7-6-9(12(2)3)10(13)8-15-4/h5,9-10H,1,6-8H2,2-4H3. The summed E-state index contributed by atoms with van der Waals surface area (Å²) in [7, 11) is 5.74. The topological polar surface area (TPSA) is 32.8 Å². The number of methoxy groups -OCH3 is 1. The van der Waals surface area contributed by atoms with Crippen molar-refractivity contribution in [1.82, 2.24) is 9.80 Å². The fourth-order valence-electron chi connectivity index (χ4n) is 2.20. The second-order valence-corrected chi connectivity index (χ2v) is 4.08.